The van der Waals surface area contributed by atoms with Crippen molar-refractivity contribution in [3.8, 4) is 0 Å². The molecule has 1 unspecified atom stereocenters. The number of rotatable bonds is 3. The Morgan fingerprint density at radius 1 is 1.58 bits per heavy atom. The van der Waals surface area contributed by atoms with Crippen molar-refractivity contribution in [2.75, 3.05) is 13.1 Å². The predicted molar refractivity (Wildman–Crippen MR) is 72.8 cm³/mol. The van der Waals surface area contributed by atoms with Crippen molar-refractivity contribution in [1.29, 1.82) is 0 Å². The predicted octanol–water partition coefficient (Wildman–Crippen LogP) is 2.44. The fraction of sp³-hybridized carbons (Fsp3) is 0.462. The quantitative estimate of drug-likeness (QED) is 0.388. The Morgan fingerprint density at radius 3 is 3.05 bits per heavy atom. The highest BCUT2D eigenvalue weighted by Gasteiger charge is 2.24. The monoisotopic (exact) mass is 285 g/mol. The van der Waals surface area contributed by atoms with E-state index in [2.05, 4.69) is 10.1 Å². The number of hydrogen-bond donors (Lipinski definition) is 2. The number of hydrogen-bond acceptors (Lipinski definition) is 3. The third kappa shape index (κ3) is 3.36. The van der Waals surface area contributed by atoms with Crippen LogP contribution in [0.1, 0.15) is 18.4 Å². The van der Waals surface area contributed by atoms with E-state index in [1.807, 2.05) is 0 Å². The number of amidine groups is 1. The molecule has 104 valence electrons. The van der Waals surface area contributed by atoms with Gasteiger partial charge in [0.25, 0.3) is 0 Å². The second kappa shape index (κ2) is 6.21. The van der Waals surface area contributed by atoms with Crippen LogP contribution in [0.25, 0.3) is 0 Å². The summed E-state index contributed by atoms with van der Waals surface area (Å²) in [6.45, 7) is 1.96. The molecular weight excluding hydrogens is 269 g/mol. The van der Waals surface area contributed by atoms with Gasteiger partial charge in [-0.3, -0.25) is 4.90 Å². The Labute approximate surface area is 116 Å². The zero-order valence-corrected chi connectivity index (χ0v) is 11.3. The maximum absolute atomic E-state index is 13.7. The average Bonchev–Trinajstić information content (AvgIpc) is 2.42. The minimum atomic E-state index is -0.293. The molecule has 0 spiro atoms. The Hall–Kier alpha value is -1.33. The molecule has 1 heterocycles. The molecule has 1 fully saturated rings. The summed E-state index contributed by atoms with van der Waals surface area (Å²) in [5.41, 5.74) is 6.14. The SMILES string of the molecule is NC(=NO)C1CCCN(Cc2c(F)cccc2Cl)C1. The molecular formula is C13H17ClFN3O. The van der Waals surface area contributed by atoms with Gasteiger partial charge in [0.2, 0.25) is 0 Å². The van der Waals surface area contributed by atoms with E-state index in [0.29, 0.717) is 23.7 Å². The lowest BCUT2D eigenvalue weighted by molar-refractivity contribution is 0.191. The van der Waals surface area contributed by atoms with E-state index >= 15 is 0 Å². The number of likely N-dealkylation sites (tertiary alicyclic amines) is 1. The Morgan fingerprint density at radius 2 is 2.37 bits per heavy atom. The van der Waals surface area contributed by atoms with Crippen molar-refractivity contribution in [1.82, 2.24) is 4.90 Å². The topological polar surface area (TPSA) is 61.9 Å². The summed E-state index contributed by atoms with van der Waals surface area (Å²) >= 11 is 6.02. The summed E-state index contributed by atoms with van der Waals surface area (Å²) in [4.78, 5) is 2.08. The summed E-state index contributed by atoms with van der Waals surface area (Å²) in [5, 5.41) is 12.2. The van der Waals surface area contributed by atoms with Crippen molar-refractivity contribution in [2.24, 2.45) is 16.8 Å². The highest BCUT2D eigenvalue weighted by molar-refractivity contribution is 6.31. The van der Waals surface area contributed by atoms with Gasteiger partial charge in [-0.25, -0.2) is 4.39 Å². The molecule has 0 radical (unpaired) electrons. The van der Waals surface area contributed by atoms with Crippen molar-refractivity contribution in [3.63, 3.8) is 0 Å². The molecule has 4 nitrogen and oxygen atoms in total. The third-order valence-corrected chi connectivity index (χ3v) is 3.84. The summed E-state index contributed by atoms with van der Waals surface area (Å²) in [5.74, 6) is -0.0351. The molecule has 3 N–H and O–H groups in total. The van der Waals surface area contributed by atoms with Crippen molar-refractivity contribution in [3.05, 3.63) is 34.6 Å². The van der Waals surface area contributed by atoms with E-state index in [-0.39, 0.29) is 17.6 Å². The number of oxime groups is 1. The van der Waals surface area contributed by atoms with Gasteiger partial charge in [0, 0.05) is 29.6 Å². The highest BCUT2D eigenvalue weighted by Crippen LogP contribution is 2.24. The summed E-state index contributed by atoms with van der Waals surface area (Å²) in [7, 11) is 0. The number of nitrogens with zero attached hydrogens (tertiary/aromatic N) is 2. The van der Waals surface area contributed by atoms with E-state index in [0.717, 1.165) is 19.4 Å². The minimum absolute atomic E-state index is 0.0179. The van der Waals surface area contributed by atoms with Gasteiger partial charge in [-0.15, -0.1) is 0 Å². The molecule has 6 heteroatoms. The Bertz CT molecular complexity index is 461. The van der Waals surface area contributed by atoms with Crippen LogP contribution >= 0.6 is 11.6 Å². The van der Waals surface area contributed by atoms with Crippen molar-refractivity contribution in [2.45, 2.75) is 19.4 Å². The zero-order valence-electron chi connectivity index (χ0n) is 10.5. The summed E-state index contributed by atoms with van der Waals surface area (Å²) < 4.78 is 13.7. The first-order valence-electron chi connectivity index (χ1n) is 6.24. The molecule has 1 aliphatic heterocycles. The fourth-order valence-electron chi connectivity index (χ4n) is 2.43. The normalized spacial score (nSPS) is 21.6. The maximum Gasteiger partial charge on any atom is 0.143 e. The average molecular weight is 286 g/mol. The van der Waals surface area contributed by atoms with E-state index in [1.54, 1.807) is 12.1 Å². The fourth-order valence-corrected chi connectivity index (χ4v) is 2.65. The van der Waals surface area contributed by atoms with Crippen LogP contribution in [0.15, 0.2) is 23.4 Å². The van der Waals surface area contributed by atoms with E-state index in [4.69, 9.17) is 22.5 Å². The van der Waals surface area contributed by atoms with Crippen LogP contribution in [-0.4, -0.2) is 29.0 Å². The molecule has 0 amide bonds. The van der Waals surface area contributed by atoms with E-state index < -0.39 is 0 Å². The second-order valence-corrected chi connectivity index (χ2v) is 5.21. The molecule has 0 bridgehead atoms. The highest BCUT2D eigenvalue weighted by atomic mass is 35.5. The van der Waals surface area contributed by atoms with Gasteiger partial charge in [0.05, 0.1) is 0 Å². The molecule has 0 saturated carbocycles. The maximum atomic E-state index is 13.7. The van der Waals surface area contributed by atoms with Gasteiger partial charge in [0.1, 0.15) is 11.7 Å². The van der Waals surface area contributed by atoms with Crippen LogP contribution in [0.4, 0.5) is 4.39 Å². The number of piperidine rings is 1. The van der Waals surface area contributed by atoms with Crippen LogP contribution in [-0.2, 0) is 6.54 Å². The zero-order chi connectivity index (χ0) is 13.8. The van der Waals surface area contributed by atoms with Gasteiger partial charge >= 0.3 is 0 Å². The molecule has 0 aliphatic carbocycles. The molecule has 2 rings (SSSR count). The lowest BCUT2D eigenvalue weighted by Gasteiger charge is -2.32. The van der Waals surface area contributed by atoms with Gasteiger partial charge < -0.3 is 10.9 Å². The van der Waals surface area contributed by atoms with Crippen LogP contribution in [0, 0.1) is 11.7 Å². The van der Waals surface area contributed by atoms with Crippen molar-refractivity contribution >= 4 is 17.4 Å². The number of nitrogens with two attached hydrogens (primary N) is 1. The lowest BCUT2D eigenvalue weighted by atomic mass is 9.96. The molecule has 1 saturated heterocycles. The van der Waals surface area contributed by atoms with Crippen molar-refractivity contribution < 1.29 is 9.60 Å². The van der Waals surface area contributed by atoms with Crippen LogP contribution in [0.5, 0.6) is 0 Å². The first-order valence-corrected chi connectivity index (χ1v) is 6.62. The number of halogens is 2. The van der Waals surface area contributed by atoms with Gasteiger partial charge in [-0.1, -0.05) is 22.8 Å². The summed E-state index contributed by atoms with van der Waals surface area (Å²) in [6.07, 6.45) is 1.82. The number of benzene rings is 1. The molecule has 1 aromatic rings. The van der Waals surface area contributed by atoms with E-state index in [1.165, 1.54) is 6.07 Å². The van der Waals surface area contributed by atoms with Crippen LogP contribution in [0.3, 0.4) is 0 Å². The third-order valence-electron chi connectivity index (χ3n) is 3.48. The van der Waals surface area contributed by atoms with Gasteiger partial charge in [-0.05, 0) is 31.5 Å². The lowest BCUT2D eigenvalue weighted by Crippen LogP contribution is -2.41. The van der Waals surface area contributed by atoms with E-state index in [9.17, 15) is 4.39 Å². The largest absolute Gasteiger partial charge is 0.409 e. The first kappa shape index (κ1) is 14.1. The van der Waals surface area contributed by atoms with Gasteiger partial charge in [-0.2, -0.15) is 0 Å². The molecule has 1 atom stereocenters. The Balaban J connectivity index is 2.07. The minimum Gasteiger partial charge on any atom is -0.409 e. The summed E-state index contributed by atoms with van der Waals surface area (Å²) in [6, 6.07) is 4.69. The molecule has 0 aromatic heterocycles. The van der Waals surface area contributed by atoms with Gasteiger partial charge in [0.15, 0.2) is 0 Å². The Kier molecular flexibility index (Phi) is 4.61. The molecule has 1 aromatic carbocycles. The standard InChI is InChI=1S/C13H17ClFN3O/c14-11-4-1-5-12(15)10(11)8-18-6-2-3-9(7-18)13(16)17-19/h1,4-5,9,19H,2-3,6-8H2,(H2,16,17). The smallest absolute Gasteiger partial charge is 0.143 e. The second-order valence-electron chi connectivity index (χ2n) is 4.80. The van der Waals surface area contributed by atoms with Crippen LogP contribution < -0.4 is 5.73 Å². The van der Waals surface area contributed by atoms with Crippen LogP contribution in [0.2, 0.25) is 5.02 Å². The molecule has 19 heavy (non-hydrogen) atoms. The first-order chi connectivity index (χ1) is 9.11. The molecule has 1 aliphatic rings.